The maximum absolute atomic E-state index is 14.8. The molecule has 2 N–H and O–H groups in total. The number of benzene rings is 1. The number of rotatable bonds is 5. The smallest absolute Gasteiger partial charge is 0.282 e. The van der Waals surface area contributed by atoms with Crippen molar-refractivity contribution in [3.8, 4) is 0 Å². The number of halogens is 2. The Morgan fingerprint density at radius 3 is 2.59 bits per heavy atom. The van der Waals surface area contributed by atoms with Gasteiger partial charge in [0.15, 0.2) is 0 Å². The highest BCUT2D eigenvalue weighted by Crippen LogP contribution is 2.47. The quantitative estimate of drug-likeness (QED) is 0.739. The summed E-state index contributed by atoms with van der Waals surface area (Å²) in [6.45, 7) is 2.32. The lowest BCUT2D eigenvalue weighted by Gasteiger charge is -2.41. The lowest BCUT2D eigenvalue weighted by Crippen LogP contribution is -2.54. The molecule has 2 heterocycles. The number of amides is 1. The summed E-state index contributed by atoms with van der Waals surface area (Å²) in [5.41, 5.74) is -1.22. The van der Waals surface area contributed by atoms with Crippen LogP contribution in [0.4, 0.5) is 4.39 Å². The first-order chi connectivity index (χ1) is 12.8. The van der Waals surface area contributed by atoms with Gasteiger partial charge in [0, 0.05) is 25.8 Å². The Morgan fingerprint density at radius 2 is 1.96 bits per heavy atom. The Balaban J connectivity index is 2.10. The molecule has 1 amide bonds. The van der Waals surface area contributed by atoms with Gasteiger partial charge in [-0.2, -0.15) is 5.06 Å². The minimum Gasteiger partial charge on any atom is -0.509 e. The second kappa shape index (κ2) is 7.73. The Bertz CT molecular complexity index is 777. The molecule has 0 unspecified atom stereocenters. The third-order valence-corrected chi connectivity index (χ3v) is 5.39. The van der Waals surface area contributed by atoms with Crippen LogP contribution in [-0.4, -0.2) is 65.3 Å². The number of aliphatic hydroxyl groups is 1. The predicted octanol–water partition coefficient (Wildman–Crippen LogP) is 2.70. The Morgan fingerprint density at radius 1 is 1.30 bits per heavy atom. The van der Waals surface area contributed by atoms with Gasteiger partial charge in [-0.25, -0.2) is 9.45 Å². The summed E-state index contributed by atoms with van der Waals surface area (Å²) in [5, 5.41) is 22.9. The number of hydroxylamine groups is 4. The van der Waals surface area contributed by atoms with E-state index < -0.39 is 17.3 Å². The van der Waals surface area contributed by atoms with E-state index in [0.717, 1.165) is 10.1 Å². The number of aliphatic hydroxyl groups excluding tert-OH is 1. The molecule has 2 aliphatic rings. The molecule has 0 aliphatic carbocycles. The van der Waals surface area contributed by atoms with Crippen molar-refractivity contribution in [3.05, 3.63) is 39.9 Å². The number of nitrogens with zero attached hydrogens (tertiary/aromatic N) is 2. The molecule has 1 fully saturated rings. The third-order valence-electron chi connectivity index (χ3n) is 5.07. The molecule has 1 aromatic rings. The average molecular weight is 401 g/mol. The van der Waals surface area contributed by atoms with E-state index in [1.165, 1.54) is 19.2 Å². The first kappa shape index (κ1) is 20.0. The highest BCUT2D eigenvalue weighted by Gasteiger charge is 2.55. The van der Waals surface area contributed by atoms with Crippen molar-refractivity contribution in [2.75, 3.05) is 33.4 Å². The fourth-order valence-electron chi connectivity index (χ4n) is 3.54. The van der Waals surface area contributed by atoms with Gasteiger partial charge in [-0.3, -0.25) is 9.63 Å². The molecular weight excluding hydrogens is 379 g/mol. The summed E-state index contributed by atoms with van der Waals surface area (Å²) >= 11 is 6.17. The summed E-state index contributed by atoms with van der Waals surface area (Å²) in [7, 11) is 1.50. The molecule has 7 nitrogen and oxygen atoms in total. The number of carbonyl (C=O) groups excluding carboxylic acids is 1. The summed E-state index contributed by atoms with van der Waals surface area (Å²) in [6.07, 6.45) is 0.450. The maximum atomic E-state index is 14.8. The van der Waals surface area contributed by atoms with Gasteiger partial charge in [-0.1, -0.05) is 17.7 Å². The van der Waals surface area contributed by atoms with E-state index in [1.807, 2.05) is 0 Å². The van der Waals surface area contributed by atoms with Gasteiger partial charge in [0.05, 0.1) is 23.8 Å². The van der Waals surface area contributed by atoms with Gasteiger partial charge < -0.3 is 15.1 Å². The Labute approximate surface area is 161 Å². The zero-order chi connectivity index (χ0) is 19.8. The SMILES string of the molecule is COCCON1C(=O)C(c2c(Cl)ccc(C)c2F)=C(O)C12CCN(O)CC2. The number of piperidine rings is 1. The van der Waals surface area contributed by atoms with Crippen molar-refractivity contribution in [2.24, 2.45) is 0 Å². The van der Waals surface area contributed by atoms with Gasteiger partial charge in [0.2, 0.25) is 0 Å². The van der Waals surface area contributed by atoms with Crippen molar-refractivity contribution in [1.29, 1.82) is 0 Å². The van der Waals surface area contributed by atoms with E-state index in [1.54, 1.807) is 6.92 Å². The van der Waals surface area contributed by atoms with Crippen LogP contribution in [0.5, 0.6) is 0 Å². The zero-order valence-corrected chi connectivity index (χ0v) is 15.9. The molecule has 2 aliphatic heterocycles. The maximum Gasteiger partial charge on any atom is 0.282 e. The first-order valence-electron chi connectivity index (χ1n) is 8.62. The third kappa shape index (κ3) is 3.32. The second-order valence-corrected chi connectivity index (χ2v) is 7.09. The van der Waals surface area contributed by atoms with Gasteiger partial charge in [-0.05, 0) is 31.4 Å². The van der Waals surface area contributed by atoms with Crippen molar-refractivity contribution in [1.82, 2.24) is 10.1 Å². The molecule has 0 aromatic heterocycles. The molecule has 1 aromatic carbocycles. The minimum atomic E-state index is -1.18. The number of ether oxygens (including phenoxy) is 1. The van der Waals surface area contributed by atoms with E-state index >= 15 is 0 Å². The number of hydrogen-bond donors (Lipinski definition) is 2. The van der Waals surface area contributed by atoms with Crippen LogP contribution >= 0.6 is 11.6 Å². The second-order valence-electron chi connectivity index (χ2n) is 6.69. The minimum absolute atomic E-state index is 0.0292. The predicted molar refractivity (Wildman–Crippen MR) is 95.7 cm³/mol. The summed E-state index contributed by atoms with van der Waals surface area (Å²) in [6, 6.07) is 2.99. The van der Waals surface area contributed by atoms with Gasteiger partial charge >= 0.3 is 0 Å². The van der Waals surface area contributed by atoms with Crippen LogP contribution in [0.3, 0.4) is 0 Å². The lowest BCUT2D eigenvalue weighted by molar-refractivity contribution is -0.231. The summed E-state index contributed by atoms with van der Waals surface area (Å²) < 4.78 is 19.8. The van der Waals surface area contributed by atoms with Gasteiger partial charge in [0.25, 0.3) is 5.91 Å². The van der Waals surface area contributed by atoms with Gasteiger partial charge in [0.1, 0.15) is 17.1 Å². The van der Waals surface area contributed by atoms with Gasteiger partial charge in [-0.15, -0.1) is 0 Å². The highest BCUT2D eigenvalue weighted by atomic mass is 35.5. The molecule has 1 saturated heterocycles. The number of aryl methyl sites for hydroxylation is 1. The van der Waals surface area contributed by atoms with E-state index in [9.17, 15) is 19.5 Å². The fraction of sp³-hybridized carbons (Fsp3) is 0.500. The summed E-state index contributed by atoms with van der Waals surface area (Å²) in [5.74, 6) is -1.61. The molecular formula is C18H22ClFN2O5. The Kier molecular flexibility index (Phi) is 5.73. The largest absolute Gasteiger partial charge is 0.509 e. The molecule has 27 heavy (non-hydrogen) atoms. The zero-order valence-electron chi connectivity index (χ0n) is 15.2. The van der Waals surface area contributed by atoms with Crippen molar-refractivity contribution in [2.45, 2.75) is 25.3 Å². The summed E-state index contributed by atoms with van der Waals surface area (Å²) in [4.78, 5) is 18.7. The highest BCUT2D eigenvalue weighted by molar-refractivity contribution is 6.35. The number of methoxy groups -OCH3 is 1. The first-order valence-corrected chi connectivity index (χ1v) is 9.00. The molecule has 0 saturated carbocycles. The van der Waals surface area contributed by atoms with E-state index in [0.29, 0.717) is 5.56 Å². The molecule has 1 spiro atoms. The standard InChI is InChI=1S/C18H22ClFN2O5/c1-11-3-4-12(19)13(15(11)20)14-16(23)18(5-7-21(25)8-6-18)22(17(14)24)27-10-9-26-2/h3-4,23,25H,5-10H2,1-2H3. The van der Waals surface area contributed by atoms with Crippen molar-refractivity contribution in [3.63, 3.8) is 0 Å². The van der Waals surface area contributed by atoms with E-state index in [2.05, 4.69) is 0 Å². The van der Waals surface area contributed by atoms with E-state index in [4.69, 9.17) is 21.2 Å². The van der Waals surface area contributed by atoms with Crippen LogP contribution in [0.2, 0.25) is 5.02 Å². The van der Waals surface area contributed by atoms with E-state index in [-0.39, 0.29) is 61.1 Å². The van der Waals surface area contributed by atoms with Crippen LogP contribution in [0.15, 0.2) is 17.9 Å². The molecule has 148 valence electrons. The van der Waals surface area contributed by atoms with Crippen molar-refractivity contribution < 1.29 is 29.1 Å². The van der Waals surface area contributed by atoms with Crippen molar-refractivity contribution >= 4 is 23.1 Å². The average Bonchev–Trinajstić information content (AvgIpc) is 2.84. The van der Waals surface area contributed by atoms with Crippen LogP contribution in [-0.2, 0) is 14.4 Å². The molecule has 0 radical (unpaired) electrons. The normalized spacial score (nSPS) is 20.2. The topological polar surface area (TPSA) is 82.5 Å². The number of carbonyl (C=O) groups is 1. The van der Waals surface area contributed by atoms with Crippen LogP contribution < -0.4 is 0 Å². The molecule has 0 bridgehead atoms. The molecule has 3 rings (SSSR count). The molecule has 0 atom stereocenters. The monoisotopic (exact) mass is 400 g/mol. The Hall–Kier alpha value is -1.71. The lowest BCUT2D eigenvalue weighted by atomic mass is 9.86. The van der Waals surface area contributed by atoms with Crippen LogP contribution in [0.25, 0.3) is 5.57 Å². The molecule has 9 heteroatoms. The fourth-order valence-corrected chi connectivity index (χ4v) is 3.78. The number of hydrogen-bond acceptors (Lipinski definition) is 6. The van der Waals surface area contributed by atoms with Crippen LogP contribution in [0.1, 0.15) is 24.0 Å². The van der Waals surface area contributed by atoms with Crippen LogP contribution in [0, 0.1) is 12.7 Å².